The Bertz CT molecular complexity index is 388. The third-order valence-corrected chi connectivity index (χ3v) is 2.84. The van der Waals surface area contributed by atoms with Gasteiger partial charge in [-0.1, -0.05) is 13.3 Å². The Hall–Kier alpha value is -1.50. The van der Waals surface area contributed by atoms with Crippen molar-refractivity contribution in [3.05, 3.63) is 5.82 Å². The van der Waals surface area contributed by atoms with Crippen LogP contribution in [0, 0.1) is 0 Å². The van der Waals surface area contributed by atoms with Crippen LogP contribution in [-0.2, 0) is 11.3 Å². The largest absolute Gasteiger partial charge is 0.480 e. The van der Waals surface area contributed by atoms with E-state index in [4.69, 9.17) is 5.11 Å². The van der Waals surface area contributed by atoms with E-state index in [1.807, 2.05) is 6.92 Å². The summed E-state index contributed by atoms with van der Waals surface area (Å²) in [6.07, 6.45) is 3.66. The SMILES string of the molecule is CCCC(NCc1nnnn1C1CC1)C(=O)O. The summed E-state index contributed by atoms with van der Waals surface area (Å²) in [7, 11) is 0. The first-order valence-electron chi connectivity index (χ1n) is 5.95. The zero-order valence-corrected chi connectivity index (χ0v) is 9.83. The summed E-state index contributed by atoms with van der Waals surface area (Å²) in [6.45, 7) is 2.37. The zero-order chi connectivity index (χ0) is 12.3. The van der Waals surface area contributed by atoms with Crippen molar-refractivity contribution in [1.29, 1.82) is 0 Å². The van der Waals surface area contributed by atoms with E-state index in [-0.39, 0.29) is 0 Å². The number of aromatic nitrogens is 4. The van der Waals surface area contributed by atoms with Crippen LogP contribution in [0.25, 0.3) is 0 Å². The van der Waals surface area contributed by atoms with E-state index in [1.165, 1.54) is 0 Å². The second kappa shape index (κ2) is 5.22. The Balaban J connectivity index is 1.91. The fraction of sp³-hybridized carbons (Fsp3) is 0.800. The molecule has 0 saturated heterocycles. The molecule has 0 bridgehead atoms. The van der Waals surface area contributed by atoms with Crippen molar-refractivity contribution < 1.29 is 9.90 Å². The molecule has 1 aliphatic rings. The van der Waals surface area contributed by atoms with E-state index in [0.717, 1.165) is 25.1 Å². The minimum absolute atomic E-state index is 0.403. The fourth-order valence-electron chi connectivity index (χ4n) is 1.75. The van der Waals surface area contributed by atoms with Gasteiger partial charge in [0.25, 0.3) is 0 Å². The van der Waals surface area contributed by atoms with Gasteiger partial charge < -0.3 is 5.11 Å². The third kappa shape index (κ3) is 3.00. The molecular weight excluding hydrogens is 222 g/mol. The Kier molecular flexibility index (Phi) is 3.68. The number of hydrogen-bond donors (Lipinski definition) is 2. The fourth-order valence-corrected chi connectivity index (χ4v) is 1.75. The molecule has 1 aliphatic carbocycles. The van der Waals surface area contributed by atoms with Gasteiger partial charge in [-0.25, -0.2) is 4.68 Å². The topological polar surface area (TPSA) is 92.9 Å². The number of tetrazole rings is 1. The van der Waals surface area contributed by atoms with E-state index >= 15 is 0 Å². The Morgan fingerprint density at radius 3 is 3.00 bits per heavy atom. The summed E-state index contributed by atoms with van der Waals surface area (Å²) < 4.78 is 1.79. The number of nitrogens with one attached hydrogen (secondary N) is 1. The Labute approximate surface area is 99.2 Å². The lowest BCUT2D eigenvalue weighted by molar-refractivity contribution is -0.139. The number of carbonyl (C=O) groups is 1. The molecule has 1 aromatic heterocycles. The van der Waals surface area contributed by atoms with Gasteiger partial charge in [0.05, 0.1) is 12.6 Å². The van der Waals surface area contributed by atoms with Gasteiger partial charge in [-0.3, -0.25) is 10.1 Å². The maximum absolute atomic E-state index is 11.0. The highest BCUT2D eigenvalue weighted by Crippen LogP contribution is 2.34. The van der Waals surface area contributed by atoms with Crippen LogP contribution in [0.5, 0.6) is 0 Å². The highest BCUT2D eigenvalue weighted by Gasteiger charge is 2.28. The molecule has 1 atom stereocenters. The molecule has 1 fully saturated rings. The van der Waals surface area contributed by atoms with Gasteiger partial charge >= 0.3 is 5.97 Å². The molecule has 0 aromatic carbocycles. The molecule has 17 heavy (non-hydrogen) atoms. The second-order valence-corrected chi connectivity index (χ2v) is 4.33. The number of aliphatic carboxylic acids is 1. The average Bonchev–Trinajstić information content (AvgIpc) is 3.04. The Morgan fingerprint density at radius 2 is 2.41 bits per heavy atom. The predicted octanol–water partition coefficient (Wildman–Crippen LogP) is 0.351. The number of carboxylic acid groups (broad SMARTS) is 1. The van der Waals surface area contributed by atoms with Crippen LogP contribution < -0.4 is 5.32 Å². The van der Waals surface area contributed by atoms with Crippen LogP contribution in [0.1, 0.15) is 44.5 Å². The van der Waals surface area contributed by atoms with E-state index in [9.17, 15) is 4.79 Å². The third-order valence-electron chi connectivity index (χ3n) is 2.84. The number of rotatable bonds is 7. The molecule has 0 spiro atoms. The summed E-state index contributed by atoms with van der Waals surface area (Å²) in [4.78, 5) is 11.0. The summed E-state index contributed by atoms with van der Waals surface area (Å²) in [5, 5.41) is 23.4. The molecule has 1 saturated carbocycles. The van der Waals surface area contributed by atoms with Crippen LogP contribution in [0.15, 0.2) is 0 Å². The molecule has 7 nitrogen and oxygen atoms in total. The van der Waals surface area contributed by atoms with Crippen LogP contribution in [0.4, 0.5) is 0 Å². The smallest absolute Gasteiger partial charge is 0.320 e. The molecule has 0 radical (unpaired) electrons. The van der Waals surface area contributed by atoms with Gasteiger partial charge in [-0.05, 0) is 29.7 Å². The minimum Gasteiger partial charge on any atom is -0.480 e. The molecular formula is C10H17N5O2. The van der Waals surface area contributed by atoms with Gasteiger partial charge in [0.2, 0.25) is 0 Å². The van der Waals surface area contributed by atoms with Crippen LogP contribution in [0.2, 0.25) is 0 Å². The molecule has 2 N–H and O–H groups in total. The maximum Gasteiger partial charge on any atom is 0.320 e. The van der Waals surface area contributed by atoms with Gasteiger partial charge in [-0.15, -0.1) is 5.10 Å². The molecule has 7 heteroatoms. The predicted molar refractivity (Wildman–Crippen MR) is 59.3 cm³/mol. The summed E-state index contributed by atoms with van der Waals surface area (Å²) in [6, 6.07) is -0.111. The summed E-state index contributed by atoms with van der Waals surface area (Å²) >= 11 is 0. The molecule has 1 unspecified atom stereocenters. The van der Waals surface area contributed by atoms with Crippen molar-refractivity contribution in [2.24, 2.45) is 0 Å². The van der Waals surface area contributed by atoms with Crippen molar-refractivity contribution in [2.45, 2.75) is 51.2 Å². The average molecular weight is 239 g/mol. The zero-order valence-electron chi connectivity index (χ0n) is 9.83. The monoisotopic (exact) mass is 239 g/mol. The molecule has 1 aromatic rings. The van der Waals surface area contributed by atoms with E-state index < -0.39 is 12.0 Å². The lowest BCUT2D eigenvalue weighted by Gasteiger charge is -2.12. The highest BCUT2D eigenvalue weighted by atomic mass is 16.4. The lowest BCUT2D eigenvalue weighted by atomic mass is 10.2. The van der Waals surface area contributed by atoms with Gasteiger partial charge in [-0.2, -0.15) is 0 Å². The summed E-state index contributed by atoms with van der Waals surface area (Å²) in [5.74, 6) is -0.104. The minimum atomic E-state index is -0.822. The number of nitrogens with zero attached hydrogens (tertiary/aromatic N) is 4. The Morgan fingerprint density at radius 1 is 1.65 bits per heavy atom. The first kappa shape index (κ1) is 12.0. The molecule has 94 valence electrons. The first-order chi connectivity index (χ1) is 8.22. The van der Waals surface area contributed by atoms with Crippen molar-refractivity contribution in [3.8, 4) is 0 Å². The molecule has 0 amide bonds. The lowest BCUT2D eigenvalue weighted by Crippen LogP contribution is -2.36. The molecule has 2 rings (SSSR count). The number of hydrogen-bond acceptors (Lipinski definition) is 5. The van der Waals surface area contributed by atoms with Crippen molar-refractivity contribution in [3.63, 3.8) is 0 Å². The van der Waals surface area contributed by atoms with Gasteiger partial charge in [0.1, 0.15) is 6.04 Å². The van der Waals surface area contributed by atoms with Crippen LogP contribution in [-0.4, -0.2) is 37.3 Å². The normalized spacial score (nSPS) is 17.0. The van der Waals surface area contributed by atoms with Gasteiger partial charge in [0.15, 0.2) is 5.82 Å². The van der Waals surface area contributed by atoms with Gasteiger partial charge in [0, 0.05) is 0 Å². The molecule has 1 heterocycles. The van der Waals surface area contributed by atoms with E-state index in [2.05, 4.69) is 20.8 Å². The highest BCUT2D eigenvalue weighted by molar-refractivity contribution is 5.73. The van der Waals surface area contributed by atoms with E-state index in [1.54, 1.807) is 4.68 Å². The van der Waals surface area contributed by atoms with Crippen LogP contribution >= 0.6 is 0 Å². The first-order valence-corrected chi connectivity index (χ1v) is 5.95. The second-order valence-electron chi connectivity index (χ2n) is 4.33. The standard InChI is InChI=1S/C10H17N5O2/c1-2-3-8(10(16)17)11-6-9-12-13-14-15(9)7-4-5-7/h7-8,11H,2-6H2,1H3,(H,16,17). The number of carboxylic acids is 1. The van der Waals surface area contributed by atoms with E-state index in [0.29, 0.717) is 19.0 Å². The quantitative estimate of drug-likeness (QED) is 0.713. The summed E-state index contributed by atoms with van der Waals surface area (Å²) in [5.41, 5.74) is 0. The van der Waals surface area contributed by atoms with Crippen molar-refractivity contribution in [1.82, 2.24) is 25.5 Å². The molecule has 0 aliphatic heterocycles. The van der Waals surface area contributed by atoms with Crippen molar-refractivity contribution >= 4 is 5.97 Å². The van der Waals surface area contributed by atoms with Crippen molar-refractivity contribution in [2.75, 3.05) is 0 Å². The maximum atomic E-state index is 11.0. The van der Waals surface area contributed by atoms with Crippen LogP contribution in [0.3, 0.4) is 0 Å².